The topological polar surface area (TPSA) is 237 Å². The van der Waals surface area contributed by atoms with Gasteiger partial charge in [-0.1, -0.05) is 414 Å². The summed E-state index contributed by atoms with van der Waals surface area (Å²) in [6.07, 6.45) is 70.8. The normalized spacial score (nSPS) is 14.1. The van der Waals surface area contributed by atoms with Crippen LogP contribution in [0.2, 0.25) is 0 Å². The van der Waals surface area contributed by atoms with Gasteiger partial charge in [-0.15, -0.1) is 0 Å². The number of esters is 4. The largest absolute Gasteiger partial charge is 0.472 e. The number of phosphoric ester groups is 2. The lowest BCUT2D eigenvalue weighted by molar-refractivity contribution is -0.161. The Kier molecular flexibility index (Phi) is 76.9. The first-order chi connectivity index (χ1) is 51.4. The predicted octanol–water partition coefficient (Wildman–Crippen LogP) is 26.6. The van der Waals surface area contributed by atoms with Gasteiger partial charge in [0.05, 0.1) is 26.4 Å². The van der Waals surface area contributed by atoms with Gasteiger partial charge in [0, 0.05) is 25.7 Å². The Labute approximate surface area is 651 Å². The van der Waals surface area contributed by atoms with E-state index in [4.69, 9.17) is 37.0 Å². The first-order valence-corrected chi connectivity index (χ1v) is 48.0. The van der Waals surface area contributed by atoms with E-state index < -0.39 is 97.5 Å². The van der Waals surface area contributed by atoms with Crippen molar-refractivity contribution in [3.63, 3.8) is 0 Å². The van der Waals surface area contributed by atoms with Crippen LogP contribution in [0.25, 0.3) is 0 Å². The molecule has 0 heterocycles. The van der Waals surface area contributed by atoms with Gasteiger partial charge in [-0.25, -0.2) is 9.13 Å². The zero-order chi connectivity index (χ0) is 77.8. The maximum absolute atomic E-state index is 13.2. The lowest BCUT2D eigenvalue weighted by Gasteiger charge is -2.21. The molecule has 3 unspecified atom stereocenters. The van der Waals surface area contributed by atoms with Crippen LogP contribution in [0.3, 0.4) is 0 Å². The van der Waals surface area contributed by atoms with E-state index >= 15 is 0 Å². The molecule has 0 aromatic carbocycles. The third-order valence-corrected chi connectivity index (χ3v) is 22.7. The number of unbranched alkanes of at least 4 members (excludes halogenated alkanes) is 55. The Morgan fingerprint density at radius 2 is 0.481 bits per heavy atom. The number of hydrogen-bond donors (Lipinski definition) is 3. The Morgan fingerprint density at radius 1 is 0.274 bits per heavy atom. The molecule has 630 valence electrons. The second-order valence-corrected chi connectivity index (χ2v) is 34.9. The summed E-state index contributed by atoms with van der Waals surface area (Å²) in [5.74, 6) is -0.424. The molecule has 0 spiro atoms. The molecule has 0 saturated carbocycles. The van der Waals surface area contributed by atoms with E-state index in [1.807, 2.05) is 0 Å². The molecule has 0 radical (unpaired) electrons. The number of hydrogen-bond acceptors (Lipinski definition) is 15. The molecule has 0 aromatic heterocycles. The van der Waals surface area contributed by atoms with E-state index in [1.54, 1.807) is 0 Å². The van der Waals surface area contributed by atoms with E-state index in [0.29, 0.717) is 25.7 Å². The van der Waals surface area contributed by atoms with E-state index in [-0.39, 0.29) is 25.7 Å². The Bertz CT molecular complexity index is 2030. The fourth-order valence-electron chi connectivity index (χ4n) is 13.6. The number of rotatable bonds is 86. The molecule has 3 N–H and O–H groups in total. The molecule has 106 heavy (non-hydrogen) atoms. The second-order valence-electron chi connectivity index (χ2n) is 32.0. The summed E-state index contributed by atoms with van der Waals surface area (Å²) >= 11 is 0. The average molecular weight is 1550 g/mol. The Morgan fingerprint density at radius 3 is 0.717 bits per heavy atom. The van der Waals surface area contributed by atoms with Crippen LogP contribution in [0, 0.1) is 11.8 Å². The summed E-state index contributed by atoms with van der Waals surface area (Å²) in [7, 11) is -9.93. The van der Waals surface area contributed by atoms with Crippen LogP contribution in [0.1, 0.15) is 465 Å². The zero-order valence-corrected chi connectivity index (χ0v) is 71.5. The smallest absolute Gasteiger partial charge is 0.462 e. The molecular weight excluding hydrogens is 1380 g/mol. The molecular formula is C87H170O17P2. The van der Waals surface area contributed by atoms with Crippen molar-refractivity contribution >= 4 is 39.5 Å². The van der Waals surface area contributed by atoms with E-state index in [2.05, 4.69) is 41.5 Å². The highest BCUT2D eigenvalue weighted by Crippen LogP contribution is 2.45. The predicted molar refractivity (Wildman–Crippen MR) is 437 cm³/mol. The van der Waals surface area contributed by atoms with E-state index in [1.165, 1.54) is 283 Å². The third-order valence-electron chi connectivity index (χ3n) is 20.8. The highest BCUT2D eigenvalue weighted by atomic mass is 31.2. The summed E-state index contributed by atoms with van der Waals surface area (Å²) < 4.78 is 68.9. The minimum atomic E-state index is -4.97. The van der Waals surface area contributed by atoms with Crippen molar-refractivity contribution < 1.29 is 80.2 Å². The third kappa shape index (κ3) is 78.7. The summed E-state index contributed by atoms with van der Waals surface area (Å²) in [6.45, 7) is 9.76. The van der Waals surface area contributed by atoms with Crippen molar-refractivity contribution in [2.24, 2.45) is 11.8 Å². The van der Waals surface area contributed by atoms with E-state index in [9.17, 15) is 43.2 Å². The molecule has 0 rings (SSSR count). The zero-order valence-electron chi connectivity index (χ0n) is 69.7. The van der Waals surface area contributed by atoms with Gasteiger partial charge in [-0.05, 0) is 37.5 Å². The number of carbonyl (C=O) groups excluding carboxylic acids is 4. The fourth-order valence-corrected chi connectivity index (χ4v) is 15.1. The molecule has 17 nitrogen and oxygen atoms in total. The van der Waals surface area contributed by atoms with Gasteiger partial charge in [0.2, 0.25) is 0 Å². The van der Waals surface area contributed by atoms with Crippen molar-refractivity contribution in [1.82, 2.24) is 0 Å². The van der Waals surface area contributed by atoms with Crippen molar-refractivity contribution in [2.45, 2.75) is 484 Å². The summed E-state index contributed by atoms with van der Waals surface area (Å²) in [5.41, 5.74) is 0. The molecule has 0 amide bonds. The highest BCUT2D eigenvalue weighted by Gasteiger charge is 2.30. The van der Waals surface area contributed by atoms with Gasteiger partial charge >= 0.3 is 39.5 Å². The second kappa shape index (κ2) is 78.3. The molecule has 0 bridgehead atoms. The first-order valence-electron chi connectivity index (χ1n) is 45.0. The number of phosphoric acid groups is 2. The number of ether oxygens (including phenoxy) is 4. The van der Waals surface area contributed by atoms with Crippen LogP contribution in [-0.4, -0.2) is 96.7 Å². The van der Waals surface area contributed by atoms with E-state index in [0.717, 1.165) is 102 Å². The molecule has 19 heteroatoms. The minimum absolute atomic E-state index is 0.109. The molecule has 0 fully saturated rings. The summed E-state index contributed by atoms with van der Waals surface area (Å²) in [5, 5.41) is 10.7. The van der Waals surface area contributed by atoms with Crippen molar-refractivity contribution in [3.05, 3.63) is 0 Å². The molecule has 0 aromatic rings. The van der Waals surface area contributed by atoms with Gasteiger partial charge in [0.25, 0.3) is 0 Å². The van der Waals surface area contributed by atoms with Crippen LogP contribution < -0.4 is 0 Å². The van der Waals surface area contributed by atoms with Gasteiger partial charge < -0.3 is 33.8 Å². The monoisotopic (exact) mass is 1550 g/mol. The molecule has 0 aliphatic carbocycles. The molecule has 0 aliphatic rings. The maximum Gasteiger partial charge on any atom is 0.472 e. The van der Waals surface area contributed by atoms with Crippen molar-refractivity contribution in [3.8, 4) is 0 Å². The van der Waals surface area contributed by atoms with Gasteiger partial charge in [0.1, 0.15) is 19.3 Å². The van der Waals surface area contributed by atoms with Gasteiger partial charge in [0.15, 0.2) is 12.2 Å². The van der Waals surface area contributed by atoms with Crippen LogP contribution in [0.15, 0.2) is 0 Å². The lowest BCUT2D eigenvalue weighted by atomic mass is 9.99. The lowest BCUT2D eigenvalue weighted by Crippen LogP contribution is -2.30. The first kappa shape index (κ1) is 104. The van der Waals surface area contributed by atoms with Crippen LogP contribution in [0.5, 0.6) is 0 Å². The number of aliphatic hydroxyl groups excluding tert-OH is 1. The molecule has 6 atom stereocenters. The van der Waals surface area contributed by atoms with Gasteiger partial charge in [-0.2, -0.15) is 0 Å². The average Bonchev–Trinajstić information content (AvgIpc) is 0.903. The van der Waals surface area contributed by atoms with Crippen LogP contribution in [0.4, 0.5) is 0 Å². The highest BCUT2D eigenvalue weighted by molar-refractivity contribution is 7.47. The quantitative estimate of drug-likeness (QED) is 0.0222. The molecule has 0 aliphatic heterocycles. The standard InChI is InChI=1S/C87H170O17P2/c1-7-10-12-14-16-18-19-20-21-24-30-36-41-47-53-59-65-71-86(91)103-82(75-97-84(89)69-63-57-51-43-17-15-13-11-8-2)77-101-105(93,94)99-73-81(88)74-100-106(95,96)102-78-83(76-98-85(90)70-64-58-52-46-40-35-32-27-28-33-38-44-49-55-61-67-79(4)5)104-87(92)72-66-60-54-48-42-37-31-26-23-22-25-29-34-39-45-50-56-62-68-80(6)9-3/h79-83,88H,7-78H2,1-6H3,(H,93,94)(H,95,96)/t80?,81-,82+,83+/m0/s1. The van der Waals surface area contributed by atoms with Crippen LogP contribution >= 0.6 is 15.6 Å². The van der Waals surface area contributed by atoms with Gasteiger partial charge in [-0.3, -0.25) is 37.3 Å². The molecule has 0 saturated heterocycles. The van der Waals surface area contributed by atoms with Crippen LogP contribution in [-0.2, 0) is 65.4 Å². The Balaban J connectivity index is 5.20. The number of aliphatic hydroxyl groups is 1. The minimum Gasteiger partial charge on any atom is -0.462 e. The summed E-state index contributed by atoms with van der Waals surface area (Å²) in [4.78, 5) is 73.2. The number of carbonyl (C=O) groups is 4. The Hall–Kier alpha value is -1.94. The van der Waals surface area contributed by atoms with Crippen molar-refractivity contribution in [2.75, 3.05) is 39.6 Å². The van der Waals surface area contributed by atoms with Crippen molar-refractivity contribution in [1.29, 1.82) is 0 Å². The maximum atomic E-state index is 13.2. The SMILES string of the molecule is CCCCCCCCCCCCCCCCCCCC(=O)O[C@H](COC(=O)CCCCCCCCCCC)COP(=O)(O)OC[C@H](O)COP(=O)(O)OC[C@@H](COC(=O)CCCCCCCCCCCCCCCCCC(C)C)OC(=O)CCCCCCCCCCCCCCCCCCCCC(C)CC. The summed E-state index contributed by atoms with van der Waals surface area (Å²) in [6, 6.07) is 0. The fraction of sp³-hybridized carbons (Fsp3) is 0.954.